The van der Waals surface area contributed by atoms with Crippen LogP contribution in [0.25, 0.3) is 0 Å². The molecule has 0 fully saturated rings. The van der Waals surface area contributed by atoms with Crippen LogP contribution in [0, 0.1) is 41.7 Å². The Morgan fingerprint density at radius 2 is 0.500 bits per heavy atom. The summed E-state index contributed by atoms with van der Waals surface area (Å²) in [5, 5.41) is 0. The van der Waals surface area contributed by atoms with E-state index in [2.05, 4.69) is 0 Å². The van der Waals surface area contributed by atoms with E-state index in [1.807, 2.05) is 0 Å². The average molecular weight is 299 g/mol. The van der Waals surface area contributed by atoms with E-state index in [9.17, 15) is 0 Å². The van der Waals surface area contributed by atoms with E-state index in [0.717, 1.165) is 0 Å². The van der Waals surface area contributed by atoms with Crippen LogP contribution >= 0.6 is 0 Å². The Bertz CT molecular complexity index is 7.51. The van der Waals surface area contributed by atoms with Gasteiger partial charge >= 0.3 is 26.2 Å². The van der Waals surface area contributed by atoms with Crippen molar-refractivity contribution < 1.29 is 89.9 Å². The minimum atomic E-state index is 0. The maximum atomic E-state index is 0. The maximum absolute atomic E-state index is 0. The van der Waals surface area contributed by atoms with Crippen molar-refractivity contribution >= 4 is 0 Å². The first-order chi connectivity index (χ1) is 0. The first-order valence-electron chi connectivity index (χ1n) is 0. The molecule has 0 bridgehead atoms. The largest absolute Gasteiger partial charge is 2.00 e. The molecule has 6 heteroatoms. The molecular formula is H4CeO4Zr-2. The van der Waals surface area contributed by atoms with Gasteiger partial charge in [0.05, 0.1) is 0 Å². The van der Waals surface area contributed by atoms with Gasteiger partial charge < -0.3 is 21.9 Å². The molecule has 0 atom stereocenters. The molecule has 0 aliphatic heterocycles. The molecule has 0 aliphatic rings. The molecular weight excluding hydrogens is 295 g/mol. The summed E-state index contributed by atoms with van der Waals surface area (Å²) >= 11 is 0. The normalized spacial score (nSPS) is 0. The van der Waals surface area contributed by atoms with E-state index < -0.39 is 0 Å². The molecule has 6 heavy (non-hydrogen) atoms. The van der Waals surface area contributed by atoms with Crippen molar-refractivity contribution in [1.29, 1.82) is 0 Å². The molecule has 0 heterocycles. The summed E-state index contributed by atoms with van der Waals surface area (Å²) in [7, 11) is 0. The standard InChI is InChI=1S/Ce.4H2O.Zr/h;4*1H2;/q;;;;;+2/p-4. The van der Waals surface area contributed by atoms with E-state index in [1.54, 1.807) is 0 Å². The van der Waals surface area contributed by atoms with Crippen molar-refractivity contribution in [3.8, 4) is 0 Å². The molecule has 0 amide bonds. The predicted octanol–water partition coefficient (Wildman–Crippen LogP) is -0.710. The van der Waals surface area contributed by atoms with Gasteiger partial charge in [-0.15, -0.1) is 0 Å². The van der Waals surface area contributed by atoms with Gasteiger partial charge in [-0.1, -0.05) is 0 Å². The number of hydrogen-bond acceptors (Lipinski definition) is 4. The van der Waals surface area contributed by atoms with Gasteiger partial charge in [-0.25, -0.2) is 0 Å². The van der Waals surface area contributed by atoms with Gasteiger partial charge in [0.2, 0.25) is 0 Å². The smallest absolute Gasteiger partial charge is 0.870 e. The van der Waals surface area contributed by atoms with Crippen molar-refractivity contribution in [3.63, 3.8) is 0 Å². The van der Waals surface area contributed by atoms with Crippen LogP contribution < -0.4 is 0 Å². The van der Waals surface area contributed by atoms with Crippen LogP contribution in [0.3, 0.4) is 0 Å². The molecule has 38 valence electrons. The minimum Gasteiger partial charge on any atom is -0.870 e. The van der Waals surface area contributed by atoms with E-state index in [0.29, 0.717) is 0 Å². The van der Waals surface area contributed by atoms with Gasteiger partial charge in [0.1, 0.15) is 0 Å². The van der Waals surface area contributed by atoms with Crippen molar-refractivity contribution in [2.45, 2.75) is 0 Å². The third kappa shape index (κ3) is 36.0. The Balaban J connectivity index is 0. The second kappa shape index (κ2) is 59.9. The first kappa shape index (κ1) is 92.6. The van der Waals surface area contributed by atoms with Crippen molar-refractivity contribution in [2.75, 3.05) is 0 Å². The fourth-order valence-corrected chi connectivity index (χ4v) is 0. The molecule has 4 N–H and O–H groups in total. The van der Waals surface area contributed by atoms with Crippen LogP contribution in [0.4, 0.5) is 0 Å². The van der Waals surface area contributed by atoms with Gasteiger partial charge in [-0.05, 0) is 0 Å². The average Bonchev–Trinajstić information content (AvgIpc) is 0. The Morgan fingerprint density at radius 3 is 0.500 bits per heavy atom. The Hall–Kier alpha value is 2.10. The summed E-state index contributed by atoms with van der Waals surface area (Å²) in [5.41, 5.74) is 0. The van der Waals surface area contributed by atoms with Crippen LogP contribution in [-0.4, -0.2) is 21.9 Å². The van der Waals surface area contributed by atoms with Crippen molar-refractivity contribution in [3.05, 3.63) is 0 Å². The van der Waals surface area contributed by atoms with E-state index in [4.69, 9.17) is 0 Å². The third-order valence-electron chi connectivity index (χ3n) is 0. The summed E-state index contributed by atoms with van der Waals surface area (Å²) < 4.78 is 0. The molecule has 0 rings (SSSR count). The molecule has 4 nitrogen and oxygen atoms in total. The van der Waals surface area contributed by atoms with Crippen molar-refractivity contribution in [2.24, 2.45) is 0 Å². The quantitative estimate of drug-likeness (QED) is 0.586. The number of hydrogen-bond donors (Lipinski definition) is 0. The Kier molecular flexibility index (Phi) is 925. The van der Waals surface area contributed by atoms with Gasteiger partial charge in [-0.3, -0.25) is 0 Å². The van der Waals surface area contributed by atoms with Gasteiger partial charge in [0.15, 0.2) is 0 Å². The monoisotopic (exact) mass is 298 g/mol. The van der Waals surface area contributed by atoms with Crippen LogP contribution in [0.2, 0.25) is 0 Å². The van der Waals surface area contributed by atoms with Gasteiger partial charge in [0, 0.05) is 41.7 Å². The van der Waals surface area contributed by atoms with Crippen molar-refractivity contribution in [1.82, 2.24) is 0 Å². The second-order valence-electron chi connectivity index (χ2n) is 0. The topological polar surface area (TPSA) is 120 Å². The molecule has 0 saturated carbocycles. The summed E-state index contributed by atoms with van der Waals surface area (Å²) in [6.45, 7) is 0. The summed E-state index contributed by atoms with van der Waals surface area (Å²) in [4.78, 5) is 0. The molecule has 0 unspecified atom stereocenters. The van der Waals surface area contributed by atoms with Gasteiger partial charge in [0.25, 0.3) is 0 Å². The van der Waals surface area contributed by atoms with Crippen LogP contribution in [0.1, 0.15) is 0 Å². The fraction of sp³-hybridized carbons (Fsp3) is 0. The summed E-state index contributed by atoms with van der Waals surface area (Å²) in [6.07, 6.45) is 0. The third-order valence-corrected chi connectivity index (χ3v) is 0. The SMILES string of the molecule is [Ce].[OH-].[OH-].[OH-].[OH-].[Zr+2]. The Morgan fingerprint density at radius 1 is 0.500 bits per heavy atom. The molecule has 0 aromatic rings. The molecule has 0 aromatic carbocycles. The van der Waals surface area contributed by atoms with E-state index in [1.165, 1.54) is 0 Å². The molecule has 0 saturated heterocycles. The fourth-order valence-electron chi connectivity index (χ4n) is 0. The zero-order valence-electron chi connectivity index (χ0n) is 2.79. The maximum Gasteiger partial charge on any atom is 2.00 e. The van der Waals surface area contributed by atoms with Crippen LogP contribution in [0.15, 0.2) is 0 Å². The molecule has 0 aliphatic carbocycles. The van der Waals surface area contributed by atoms with Crippen LogP contribution in [-0.2, 0) is 26.2 Å². The zero-order valence-corrected chi connectivity index (χ0v) is 8.39. The van der Waals surface area contributed by atoms with Gasteiger partial charge in [-0.2, -0.15) is 0 Å². The number of rotatable bonds is 0. The molecule has 0 aromatic heterocycles. The zero-order chi connectivity index (χ0) is 0. The van der Waals surface area contributed by atoms with E-state index in [-0.39, 0.29) is 89.9 Å². The molecule has 0 spiro atoms. The first-order valence-corrected chi connectivity index (χ1v) is 0. The second-order valence-corrected chi connectivity index (χ2v) is 0. The summed E-state index contributed by atoms with van der Waals surface area (Å²) in [5.74, 6) is 0. The summed E-state index contributed by atoms with van der Waals surface area (Å²) in [6, 6.07) is 0. The van der Waals surface area contributed by atoms with E-state index >= 15 is 0 Å². The predicted molar refractivity (Wildman–Crippen MR) is 7.74 cm³/mol. The minimum absolute atomic E-state index is 0. The molecule has 0 radical (unpaired) electrons. The van der Waals surface area contributed by atoms with Crippen LogP contribution in [0.5, 0.6) is 0 Å². The Labute approximate surface area is 88.4 Å².